The lowest BCUT2D eigenvalue weighted by molar-refractivity contribution is -0.146. The van der Waals surface area contributed by atoms with Gasteiger partial charge in [-0.25, -0.2) is 0 Å². The highest BCUT2D eigenvalue weighted by atomic mass is 35.5. The number of likely N-dealkylation sites (tertiary alicyclic amines) is 1. The van der Waals surface area contributed by atoms with Crippen molar-refractivity contribution < 1.29 is 19.1 Å². The van der Waals surface area contributed by atoms with E-state index in [-0.39, 0.29) is 23.2 Å². The van der Waals surface area contributed by atoms with E-state index < -0.39 is 17.7 Å². The number of anilines is 1. The number of nitrogens with one attached hydrogen (secondary N) is 1. The van der Waals surface area contributed by atoms with Gasteiger partial charge in [0.05, 0.1) is 35.6 Å². The van der Waals surface area contributed by atoms with E-state index in [9.17, 15) is 14.4 Å². The fourth-order valence-corrected chi connectivity index (χ4v) is 3.76. The Morgan fingerprint density at radius 2 is 2.00 bits per heavy atom. The van der Waals surface area contributed by atoms with E-state index >= 15 is 0 Å². The van der Waals surface area contributed by atoms with Gasteiger partial charge >= 0.3 is 11.8 Å². The largest absolute Gasteiger partial charge is 0.495 e. The van der Waals surface area contributed by atoms with E-state index in [1.807, 2.05) is 13.0 Å². The van der Waals surface area contributed by atoms with Crippen molar-refractivity contribution in [2.75, 3.05) is 19.0 Å². The zero-order chi connectivity index (χ0) is 21.8. The molecule has 0 bridgehead atoms. The van der Waals surface area contributed by atoms with Gasteiger partial charge in [-0.3, -0.25) is 19.4 Å². The molecule has 30 heavy (non-hydrogen) atoms. The number of pyridine rings is 1. The van der Waals surface area contributed by atoms with Crippen molar-refractivity contribution in [3.63, 3.8) is 0 Å². The van der Waals surface area contributed by atoms with Crippen molar-refractivity contribution in [1.29, 1.82) is 0 Å². The Kier molecular flexibility index (Phi) is 6.56. The van der Waals surface area contributed by atoms with Gasteiger partial charge in [0.1, 0.15) is 5.75 Å². The van der Waals surface area contributed by atoms with Gasteiger partial charge in [0, 0.05) is 12.7 Å². The summed E-state index contributed by atoms with van der Waals surface area (Å²) in [7, 11) is 1.53. The Hall–Kier alpha value is -3.13. The number of primary amides is 1. The van der Waals surface area contributed by atoms with Gasteiger partial charge < -0.3 is 20.7 Å². The van der Waals surface area contributed by atoms with E-state index in [4.69, 9.17) is 22.1 Å². The number of ether oxygens (including phenoxy) is 1. The second-order valence-electron chi connectivity index (χ2n) is 7.33. The number of benzene rings is 1. The van der Waals surface area contributed by atoms with Crippen molar-refractivity contribution in [2.45, 2.75) is 25.8 Å². The van der Waals surface area contributed by atoms with Crippen LogP contribution in [-0.2, 0) is 9.59 Å². The van der Waals surface area contributed by atoms with E-state index in [1.54, 1.807) is 17.0 Å². The number of nitrogens with two attached hydrogens (primary N) is 1. The molecular formula is C21H23ClN4O4. The Labute approximate surface area is 179 Å². The number of hydrogen-bond donors (Lipinski definition) is 2. The SMILES string of the molecule is COc1cc([C@@H]2CC[C@@H](C)CN2C(=O)C(=O)Nc2cncc(C(N)=O)c2)ccc1Cl. The van der Waals surface area contributed by atoms with Gasteiger partial charge in [0.25, 0.3) is 0 Å². The molecule has 1 aromatic carbocycles. The molecule has 0 aliphatic carbocycles. The highest BCUT2D eigenvalue weighted by Crippen LogP contribution is 2.36. The van der Waals surface area contributed by atoms with E-state index in [0.29, 0.717) is 23.7 Å². The molecule has 0 unspecified atom stereocenters. The summed E-state index contributed by atoms with van der Waals surface area (Å²) in [5.41, 5.74) is 6.44. The third-order valence-electron chi connectivity index (χ3n) is 5.11. The van der Waals surface area contributed by atoms with Crippen LogP contribution in [0.25, 0.3) is 0 Å². The van der Waals surface area contributed by atoms with Crippen molar-refractivity contribution in [1.82, 2.24) is 9.88 Å². The smallest absolute Gasteiger partial charge is 0.313 e. The van der Waals surface area contributed by atoms with Gasteiger partial charge in [-0.15, -0.1) is 0 Å². The summed E-state index contributed by atoms with van der Waals surface area (Å²) in [6.45, 7) is 2.48. The third kappa shape index (κ3) is 4.71. The number of amides is 3. The van der Waals surface area contributed by atoms with E-state index in [1.165, 1.54) is 25.6 Å². The van der Waals surface area contributed by atoms with Crippen LogP contribution in [0.3, 0.4) is 0 Å². The third-order valence-corrected chi connectivity index (χ3v) is 5.43. The molecule has 3 N–H and O–H groups in total. The number of piperidine rings is 1. The Bertz CT molecular complexity index is 981. The topological polar surface area (TPSA) is 115 Å². The Morgan fingerprint density at radius 3 is 2.70 bits per heavy atom. The normalized spacial score (nSPS) is 18.6. The van der Waals surface area contributed by atoms with Crippen LogP contribution >= 0.6 is 11.6 Å². The average Bonchev–Trinajstić information content (AvgIpc) is 2.73. The molecule has 1 fully saturated rings. The molecule has 3 amide bonds. The summed E-state index contributed by atoms with van der Waals surface area (Å²) in [6, 6.07) is 6.45. The summed E-state index contributed by atoms with van der Waals surface area (Å²) in [6.07, 6.45) is 4.27. The standard InChI is InChI=1S/C21H23ClN4O4/c1-12-3-6-17(13-4-5-16(22)18(8-13)30-2)26(11-12)21(29)20(28)25-15-7-14(19(23)27)9-24-10-15/h4-5,7-10,12,17H,3,6,11H2,1-2H3,(H2,23,27)(H,25,28)/t12-,17+/m1/s1. The molecule has 1 aliphatic heterocycles. The number of methoxy groups -OCH3 is 1. The van der Waals surface area contributed by atoms with Crippen LogP contribution in [0.5, 0.6) is 5.75 Å². The summed E-state index contributed by atoms with van der Waals surface area (Å²) in [5, 5.41) is 2.98. The molecular weight excluding hydrogens is 408 g/mol. The highest BCUT2D eigenvalue weighted by Gasteiger charge is 2.34. The maximum atomic E-state index is 13.0. The molecule has 1 saturated heterocycles. The molecule has 2 heterocycles. The molecule has 0 radical (unpaired) electrons. The van der Waals surface area contributed by atoms with E-state index in [0.717, 1.165) is 12.0 Å². The van der Waals surface area contributed by atoms with Gasteiger partial charge in [-0.1, -0.05) is 24.6 Å². The Morgan fingerprint density at radius 1 is 1.23 bits per heavy atom. The number of carbonyl (C=O) groups is 3. The van der Waals surface area contributed by atoms with Crippen molar-refractivity contribution in [3.8, 4) is 5.75 Å². The highest BCUT2D eigenvalue weighted by molar-refractivity contribution is 6.39. The van der Waals surface area contributed by atoms with Crippen LogP contribution < -0.4 is 15.8 Å². The Balaban J connectivity index is 1.83. The molecule has 1 aromatic heterocycles. The zero-order valence-electron chi connectivity index (χ0n) is 16.7. The summed E-state index contributed by atoms with van der Waals surface area (Å²) in [4.78, 5) is 42.4. The van der Waals surface area contributed by atoms with Crippen LogP contribution in [0.2, 0.25) is 5.02 Å². The summed E-state index contributed by atoms with van der Waals surface area (Å²) < 4.78 is 5.29. The molecule has 2 aromatic rings. The average molecular weight is 431 g/mol. The first-order valence-corrected chi connectivity index (χ1v) is 9.88. The van der Waals surface area contributed by atoms with Crippen molar-refractivity contribution in [2.24, 2.45) is 11.7 Å². The number of aromatic nitrogens is 1. The molecule has 2 atom stereocenters. The maximum Gasteiger partial charge on any atom is 0.313 e. The quantitative estimate of drug-likeness (QED) is 0.724. The number of halogens is 1. The monoisotopic (exact) mass is 430 g/mol. The second kappa shape index (κ2) is 9.13. The molecule has 158 valence electrons. The number of hydrogen-bond acceptors (Lipinski definition) is 5. The minimum absolute atomic E-state index is 0.137. The molecule has 0 saturated carbocycles. The van der Waals surface area contributed by atoms with Crippen LogP contribution in [-0.4, -0.2) is 41.3 Å². The first-order chi connectivity index (χ1) is 14.3. The first kappa shape index (κ1) is 21.6. The van der Waals surface area contributed by atoms with Crippen LogP contribution in [0, 0.1) is 5.92 Å². The lowest BCUT2D eigenvalue weighted by atomic mass is 9.89. The van der Waals surface area contributed by atoms with Gasteiger partial charge in [-0.2, -0.15) is 0 Å². The minimum atomic E-state index is -0.807. The van der Waals surface area contributed by atoms with Crippen molar-refractivity contribution >= 4 is 35.0 Å². The molecule has 1 aliphatic rings. The van der Waals surface area contributed by atoms with Crippen LogP contribution in [0.4, 0.5) is 5.69 Å². The molecule has 3 rings (SSSR count). The number of carbonyl (C=O) groups excluding carboxylic acids is 3. The lowest BCUT2D eigenvalue weighted by Crippen LogP contribution is -2.46. The summed E-state index contributed by atoms with van der Waals surface area (Å²) >= 11 is 6.12. The fourth-order valence-electron chi connectivity index (χ4n) is 3.57. The minimum Gasteiger partial charge on any atom is -0.495 e. The van der Waals surface area contributed by atoms with Gasteiger partial charge in [0.2, 0.25) is 5.91 Å². The predicted octanol–water partition coefficient (Wildman–Crippen LogP) is 2.78. The van der Waals surface area contributed by atoms with Crippen LogP contribution in [0.15, 0.2) is 36.7 Å². The predicted molar refractivity (Wildman–Crippen MR) is 112 cm³/mol. The molecule has 8 nitrogen and oxygen atoms in total. The molecule has 9 heteroatoms. The fraction of sp³-hybridized carbons (Fsp3) is 0.333. The van der Waals surface area contributed by atoms with E-state index in [2.05, 4.69) is 10.3 Å². The maximum absolute atomic E-state index is 13.0. The summed E-state index contributed by atoms with van der Waals surface area (Å²) in [5.74, 6) is -1.37. The number of nitrogens with zero attached hydrogens (tertiary/aromatic N) is 2. The van der Waals surface area contributed by atoms with Gasteiger partial charge in [0.15, 0.2) is 0 Å². The van der Waals surface area contributed by atoms with Crippen molar-refractivity contribution in [3.05, 3.63) is 52.8 Å². The molecule has 0 spiro atoms. The second-order valence-corrected chi connectivity index (χ2v) is 7.74. The lowest BCUT2D eigenvalue weighted by Gasteiger charge is -2.38. The van der Waals surface area contributed by atoms with Gasteiger partial charge in [-0.05, 0) is 42.5 Å². The van der Waals surface area contributed by atoms with Crippen LogP contribution in [0.1, 0.15) is 41.7 Å². The number of rotatable bonds is 4. The first-order valence-electron chi connectivity index (χ1n) is 9.50. The zero-order valence-corrected chi connectivity index (χ0v) is 17.5.